The maximum atomic E-state index is 11.5. The van der Waals surface area contributed by atoms with Crippen molar-refractivity contribution in [2.45, 2.75) is 32.7 Å². The van der Waals surface area contributed by atoms with Gasteiger partial charge in [0.25, 0.3) is 11.1 Å². The molecule has 0 atom stereocenters. The molecule has 0 spiro atoms. The van der Waals surface area contributed by atoms with Gasteiger partial charge in [-0.3, -0.25) is 19.7 Å². The quantitative estimate of drug-likeness (QED) is 0.719. The minimum atomic E-state index is -0.706. The molecule has 2 N–H and O–H groups in total. The lowest BCUT2D eigenvalue weighted by Crippen LogP contribution is -2.49. The zero-order valence-electron chi connectivity index (χ0n) is 12.9. The van der Waals surface area contributed by atoms with E-state index in [4.69, 9.17) is 4.74 Å². The largest absolute Gasteiger partial charge is 0.456 e. The van der Waals surface area contributed by atoms with E-state index in [1.807, 2.05) is 0 Å². The number of carbonyl (C=O) groups is 4. The topological polar surface area (TPSA) is 105 Å². The smallest absolute Gasteiger partial charge is 0.321 e. The summed E-state index contributed by atoms with van der Waals surface area (Å²) in [4.78, 5) is 47.2. The van der Waals surface area contributed by atoms with Gasteiger partial charge in [0.2, 0.25) is 0 Å². The zero-order valence-corrected chi connectivity index (χ0v) is 13.7. The van der Waals surface area contributed by atoms with Crippen LogP contribution in [0.5, 0.6) is 0 Å². The minimum absolute atomic E-state index is 0.0216. The van der Waals surface area contributed by atoms with E-state index in [0.29, 0.717) is 6.54 Å². The van der Waals surface area contributed by atoms with Crippen molar-refractivity contribution in [3.05, 3.63) is 0 Å². The van der Waals surface area contributed by atoms with E-state index < -0.39 is 30.1 Å². The predicted molar refractivity (Wildman–Crippen MR) is 81.4 cm³/mol. The van der Waals surface area contributed by atoms with Crippen molar-refractivity contribution in [2.75, 3.05) is 25.4 Å². The predicted octanol–water partition coefficient (Wildman–Crippen LogP) is 0.713. The van der Waals surface area contributed by atoms with Gasteiger partial charge < -0.3 is 15.0 Å². The standard InChI is InChI=1S/C13H21N3O5S/c1-13(2,3)15-11(19)14-9(17)8-21-10(18)4-5-16-6-7-22-12(16)20/h4-8H2,1-3H3,(H2,14,15,17,19). The molecule has 1 aliphatic rings. The molecule has 9 heteroatoms. The van der Waals surface area contributed by atoms with E-state index in [1.165, 1.54) is 11.8 Å². The Hall–Kier alpha value is -1.77. The number of hydrogen-bond donors (Lipinski definition) is 2. The van der Waals surface area contributed by atoms with Crippen molar-refractivity contribution < 1.29 is 23.9 Å². The first kappa shape index (κ1) is 18.3. The van der Waals surface area contributed by atoms with Crippen LogP contribution in [0.4, 0.5) is 9.59 Å². The van der Waals surface area contributed by atoms with E-state index in [-0.39, 0.29) is 18.2 Å². The maximum Gasteiger partial charge on any atom is 0.321 e. The monoisotopic (exact) mass is 331 g/mol. The average Bonchev–Trinajstić information content (AvgIpc) is 2.77. The van der Waals surface area contributed by atoms with Gasteiger partial charge in [-0.1, -0.05) is 11.8 Å². The molecule has 8 nitrogen and oxygen atoms in total. The Morgan fingerprint density at radius 1 is 1.32 bits per heavy atom. The lowest BCUT2D eigenvalue weighted by Gasteiger charge is -2.20. The molecule has 1 rings (SSSR count). The number of urea groups is 1. The molecule has 22 heavy (non-hydrogen) atoms. The van der Waals surface area contributed by atoms with E-state index in [0.717, 1.165) is 5.75 Å². The molecule has 1 fully saturated rings. The number of imide groups is 1. The van der Waals surface area contributed by atoms with Gasteiger partial charge in [-0.25, -0.2) is 4.79 Å². The average molecular weight is 331 g/mol. The summed E-state index contributed by atoms with van der Waals surface area (Å²) in [6.45, 7) is 5.68. The highest BCUT2D eigenvalue weighted by Crippen LogP contribution is 2.17. The molecule has 0 aliphatic carbocycles. The first-order valence-electron chi connectivity index (χ1n) is 6.87. The van der Waals surface area contributed by atoms with E-state index in [2.05, 4.69) is 10.6 Å². The number of thioether (sulfide) groups is 1. The Kier molecular flexibility index (Phi) is 6.66. The Bertz CT molecular complexity index is 461. The van der Waals surface area contributed by atoms with Gasteiger partial charge in [0.05, 0.1) is 6.42 Å². The lowest BCUT2D eigenvalue weighted by atomic mass is 10.1. The summed E-state index contributed by atoms with van der Waals surface area (Å²) in [7, 11) is 0. The Morgan fingerprint density at radius 3 is 2.55 bits per heavy atom. The molecular weight excluding hydrogens is 310 g/mol. The van der Waals surface area contributed by atoms with Crippen LogP contribution >= 0.6 is 11.8 Å². The number of carbonyl (C=O) groups excluding carboxylic acids is 4. The van der Waals surface area contributed by atoms with Gasteiger partial charge >= 0.3 is 12.0 Å². The third-order valence-electron chi connectivity index (χ3n) is 2.54. The molecule has 0 saturated carbocycles. The third-order valence-corrected chi connectivity index (χ3v) is 3.43. The Labute approximate surface area is 133 Å². The number of amides is 4. The molecule has 4 amide bonds. The molecule has 1 aliphatic heterocycles. The van der Waals surface area contributed by atoms with E-state index >= 15 is 0 Å². The summed E-state index contributed by atoms with van der Waals surface area (Å²) in [6.07, 6.45) is 0.0216. The molecule has 0 unspecified atom stereocenters. The van der Waals surface area contributed by atoms with Crippen LogP contribution in [0.1, 0.15) is 27.2 Å². The van der Waals surface area contributed by atoms with E-state index in [9.17, 15) is 19.2 Å². The fourth-order valence-corrected chi connectivity index (χ4v) is 2.46. The second kappa shape index (κ2) is 8.02. The van der Waals surface area contributed by atoms with Crippen molar-refractivity contribution in [2.24, 2.45) is 0 Å². The number of ether oxygens (including phenoxy) is 1. The summed E-state index contributed by atoms with van der Waals surface area (Å²) in [5.74, 6) is -0.571. The number of rotatable bonds is 5. The summed E-state index contributed by atoms with van der Waals surface area (Å²) in [5.41, 5.74) is -0.471. The highest BCUT2D eigenvalue weighted by molar-refractivity contribution is 8.13. The highest BCUT2D eigenvalue weighted by Gasteiger charge is 2.22. The van der Waals surface area contributed by atoms with Gasteiger partial charge in [-0.2, -0.15) is 0 Å². The molecular formula is C13H21N3O5S. The lowest BCUT2D eigenvalue weighted by molar-refractivity contribution is -0.148. The number of hydrogen-bond acceptors (Lipinski definition) is 6. The molecule has 1 saturated heterocycles. The van der Waals surface area contributed by atoms with Crippen LogP contribution in [0.3, 0.4) is 0 Å². The second-order valence-corrected chi connectivity index (χ2v) is 6.81. The third kappa shape index (κ3) is 7.30. The molecule has 0 radical (unpaired) electrons. The first-order chi connectivity index (χ1) is 10.2. The van der Waals surface area contributed by atoms with Crippen LogP contribution in [-0.2, 0) is 14.3 Å². The SMILES string of the molecule is CC(C)(C)NC(=O)NC(=O)COC(=O)CCN1CCSC1=O. The van der Waals surface area contributed by atoms with Crippen molar-refractivity contribution in [1.82, 2.24) is 15.5 Å². The Morgan fingerprint density at radius 2 is 2.00 bits per heavy atom. The van der Waals surface area contributed by atoms with Crippen molar-refractivity contribution in [3.63, 3.8) is 0 Å². The normalized spacial score (nSPS) is 14.7. The van der Waals surface area contributed by atoms with Crippen LogP contribution in [0.25, 0.3) is 0 Å². The van der Waals surface area contributed by atoms with Crippen LogP contribution in [0.2, 0.25) is 0 Å². The number of nitrogens with zero attached hydrogens (tertiary/aromatic N) is 1. The second-order valence-electron chi connectivity index (χ2n) is 5.76. The van der Waals surface area contributed by atoms with Crippen LogP contribution in [0.15, 0.2) is 0 Å². The maximum absolute atomic E-state index is 11.5. The Balaban J connectivity index is 2.19. The van der Waals surface area contributed by atoms with Gasteiger partial charge in [0.1, 0.15) is 0 Å². The zero-order chi connectivity index (χ0) is 16.8. The van der Waals surface area contributed by atoms with Gasteiger partial charge in [-0.15, -0.1) is 0 Å². The van der Waals surface area contributed by atoms with Crippen molar-refractivity contribution in [1.29, 1.82) is 0 Å². The summed E-state index contributed by atoms with van der Waals surface area (Å²) in [6, 6.07) is -0.645. The van der Waals surface area contributed by atoms with Gasteiger partial charge in [0.15, 0.2) is 6.61 Å². The van der Waals surface area contributed by atoms with Gasteiger partial charge in [0, 0.05) is 24.4 Å². The van der Waals surface area contributed by atoms with Crippen LogP contribution in [0, 0.1) is 0 Å². The fraction of sp³-hybridized carbons (Fsp3) is 0.692. The summed E-state index contributed by atoms with van der Waals surface area (Å²) >= 11 is 1.21. The fourth-order valence-electron chi connectivity index (χ4n) is 1.61. The summed E-state index contributed by atoms with van der Waals surface area (Å²) in [5, 5.41) is 4.56. The highest BCUT2D eigenvalue weighted by atomic mass is 32.2. The van der Waals surface area contributed by atoms with Crippen molar-refractivity contribution in [3.8, 4) is 0 Å². The molecule has 0 aromatic carbocycles. The van der Waals surface area contributed by atoms with Gasteiger partial charge in [-0.05, 0) is 20.8 Å². The summed E-state index contributed by atoms with van der Waals surface area (Å²) < 4.78 is 4.75. The molecule has 0 aromatic rings. The first-order valence-corrected chi connectivity index (χ1v) is 7.85. The number of esters is 1. The number of nitrogens with one attached hydrogen (secondary N) is 2. The van der Waals surface area contributed by atoms with Crippen LogP contribution < -0.4 is 10.6 Å². The molecule has 0 aromatic heterocycles. The molecule has 0 bridgehead atoms. The molecule has 1 heterocycles. The minimum Gasteiger partial charge on any atom is -0.456 e. The van der Waals surface area contributed by atoms with Crippen LogP contribution in [-0.4, -0.2) is 59.0 Å². The molecule has 124 valence electrons. The van der Waals surface area contributed by atoms with Crippen molar-refractivity contribution >= 4 is 34.9 Å². The van der Waals surface area contributed by atoms with E-state index in [1.54, 1.807) is 25.7 Å².